The standard InChI is InChI=1S/C16H24N2/c1-17-15-6-4-10-18(12-15)11-14-5-2-3-7-16(14)13-8-9-13/h2-3,5,7,13,15,17H,4,6,8-12H2,1H3. The van der Waals surface area contributed by atoms with E-state index in [2.05, 4.69) is 41.5 Å². The van der Waals surface area contributed by atoms with Gasteiger partial charge in [-0.1, -0.05) is 24.3 Å². The Labute approximate surface area is 110 Å². The third-order valence-corrected chi connectivity index (χ3v) is 4.38. The van der Waals surface area contributed by atoms with Crippen LogP contribution in [0.4, 0.5) is 0 Å². The van der Waals surface area contributed by atoms with E-state index in [1.54, 1.807) is 11.1 Å². The molecule has 1 heterocycles. The van der Waals surface area contributed by atoms with Crippen LogP contribution in [-0.4, -0.2) is 31.1 Å². The molecule has 0 aromatic heterocycles. The Bertz CT molecular complexity index is 398. The molecular formula is C16H24N2. The second-order valence-electron chi connectivity index (χ2n) is 5.84. The Morgan fingerprint density at radius 3 is 2.83 bits per heavy atom. The number of hydrogen-bond acceptors (Lipinski definition) is 2. The average molecular weight is 244 g/mol. The largest absolute Gasteiger partial charge is 0.316 e. The molecule has 1 aliphatic carbocycles. The predicted octanol–water partition coefficient (Wildman–Crippen LogP) is 2.75. The lowest BCUT2D eigenvalue weighted by atomic mass is 10.0. The van der Waals surface area contributed by atoms with Gasteiger partial charge < -0.3 is 5.32 Å². The van der Waals surface area contributed by atoms with Crippen molar-refractivity contribution in [3.63, 3.8) is 0 Å². The maximum atomic E-state index is 3.43. The minimum atomic E-state index is 0.687. The fraction of sp³-hybridized carbons (Fsp3) is 0.625. The van der Waals surface area contributed by atoms with E-state index in [1.165, 1.54) is 38.8 Å². The Hall–Kier alpha value is -0.860. The molecular weight excluding hydrogens is 220 g/mol. The summed E-state index contributed by atoms with van der Waals surface area (Å²) in [5, 5.41) is 3.43. The van der Waals surface area contributed by atoms with Crippen molar-refractivity contribution in [2.24, 2.45) is 0 Å². The van der Waals surface area contributed by atoms with Gasteiger partial charge in [0.25, 0.3) is 0 Å². The molecule has 0 spiro atoms. The number of benzene rings is 1. The Balaban J connectivity index is 1.68. The molecule has 1 aromatic carbocycles. The fourth-order valence-electron chi connectivity index (χ4n) is 3.15. The molecule has 0 radical (unpaired) electrons. The molecule has 1 N–H and O–H groups in total. The van der Waals surface area contributed by atoms with Crippen molar-refractivity contribution in [2.45, 2.75) is 44.2 Å². The van der Waals surface area contributed by atoms with Gasteiger partial charge in [0.05, 0.1) is 0 Å². The van der Waals surface area contributed by atoms with Crippen molar-refractivity contribution >= 4 is 0 Å². The summed E-state index contributed by atoms with van der Waals surface area (Å²) in [5.74, 6) is 0.867. The summed E-state index contributed by atoms with van der Waals surface area (Å²) in [6.07, 6.45) is 5.46. The first-order valence-electron chi connectivity index (χ1n) is 7.34. The second-order valence-corrected chi connectivity index (χ2v) is 5.84. The summed E-state index contributed by atoms with van der Waals surface area (Å²) in [5.41, 5.74) is 3.18. The highest BCUT2D eigenvalue weighted by Crippen LogP contribution is 2.41. The molecule has 98 valence electrons. The summed E-state index contributed by atoms with van der Waals surface area (Å²) in [6, 6.07) is 9.75. The van der Waals surface area contributed by atoms with E-state index in [4.69, 9.17) is 0 Å². The average Bonchev–Trinajstić information content (AvgIpc) is 3.24. The van der Waals surface area contributed by atoms with E-state index in [-0.39, 0.29) is 0 Å². The van der Waals surface area contributed by atoms with Gasteiger partial charge >= 0.3 is 0 Å². The maximum absolute atomic E-state index is 3.43. The lowest BCUT2D eigenvalue weighted by Gasteiger charge is -2.33. The normalized spacial score (nSPS) is 25.3. The van der Waals surface area contributed by atoms with Gasteiger partial charge in [-0.2, -0.15) is 0 Å². The van der Waals surface area contributed by atoms with Crippen LogP contribution in [0.1, 0.15) is 42.7 Å². The van der Waals surface area contributed by atoms with Gasteiger partial charge in [-0.05, 0) is 56.3 Å². The van der Waals surface area contributed by atoms with Gasteiger partial charge in [0.2, 0.25) is 0 Å². The highest BCUT2D eigenvalue weighted by molar-refractivity contribution is 5.33. The van der Waals surface area contributed by atoms with E-state index in [0.29, 0.717) is 6.04 Å². The molecule has 2 aliphatic rings. The summed E-state index contributed by atoms with van der Waals surface area (Å²) in [7, 11) is 2.09. The van der Waals surface area contributed by atoms with Crippen LogP contribution in [0.15, 0.2) is 24.3 Å². The summed E-state index contributed by atoms with van der Waals surface area (Å²) in [4.78, 5) is 2.62. The zero-order chi connectivity index (χ0) is 12.4. The SMILES string of the molecule is CNC1CCCN(Cc2ccccc2C2CC2)C1. The van der Waals surface area contributed by atoms with E-state index in [1.807, 2.05) is 0 Å². The number of hydrogen-bond donors (Lipinski definition) is 1. The molecule has 2 nitrogen and oxygen atoms in total. The van der Waals surface area contributed by atoms with E-state index >= 15 is 0 Å². The zero-order valence-corrected chi connectivity index (χ0v) is 11.4. The van der Waals surface area contributed by atoms with Gasteiger partial charge in [-0.25, -0.2) is 0 Å². The smallest absolute Gasteiger partial charge is 0.0237 e. The van der Waals surface area contributed by atoms with Crippen molar-refractivity contribution < 1.29 is 0 Å². The Kier molecular flexibility index (Phi) is 3.67. The number of rotatable bonds is 4. The monoisotopic (exact) mass is 244 g/mol. The van der Waals surface area contributed by atoms with Gasteiger partial charge in [0.15, 0.2) is 0 Å². The molecule has 2 fully saturated rings. The topological polar surface area (TPSA) is 15.3 Å². The molecule has 3 rings (SSSR count). The van der Waals surface area contributed by atoms with Crippen molar-refractivity contribution in [3.8, 4) is 0 Å². The van der Waals surface area contributed by atoms with Crippen LogP contribution in [0.3, 0.4) is 0 Å². The highest BCUT2D eigenvalue weighted by Gasteiger charge is 2.26. The van der Waals surface area contributed by atoms with Crippen LogP contribution < -0.4 is 5.32 Å². The quantitative estimate of drug-likeness (QED) is 0.876. The molecule has 0 bridgehead atoms. The lowest BCUT2D eigenvalue weighted by Crippen LogP contribution is -2.43. The van der Waals surface area contributed by atoms with Crippen LogP contribution in [0.25, 0.3) is 0 Å². The number of nitrogens with one attached hydrogen (secondary N) is 1. The summed E-state index contributed by atoms with van der Waals surface area (Å²) >= 11 is 0. The minimum absolute atomic E-state index is 0.687. The number of likely N-dealkylation sites (N-methyl/N-ethyl adjacent to an activating group) is 1. The zero-order valence-electron chi connectivity index (χ0n) is 11.4. The van der Waals surface area contributed by atoms with Crippen LogP contribution in [-0.2, 0) is 6.54 Å². The summed E-state index contributed by atoms with van der Waals surface area (Å²) in [6.45, 7) is 3.61. The molecule has 1 saturated carbocycles. The van der Waals surface area contributed by atoms with Gasteiger partial charge in [0.1, 0.15) is 0 Å². The van der Waals surface area contributed by atoms with Crippen molar-refractivity contribution in [1.29, 1.82) is 0 Å². The first-order valence-corrected chi connectivity index (χ1v) is 7.34. The number of likely N-dealkylation sites (tertiary alicyclic amines) is 1. The number of piperidine rings is 1. The molecule has 1 aromatic rings. The van der Waals surface area contributed by atoms with Gasteiger partial charge in [-0.3, -0.25) is 4.90 Å². The van der Waals surface area contributed by atoms with Crippen LogP contribution in [0.2, 0.25) is 0 Å². The predicted molar refractivity (Wildman–Crippen MR) is 75.8 cm³/mol. The Morgan fingerprint density at radius 1 is 1.22 bits per heavy atom. The van der Waals surface area contributed by atoms with Crippen molar-refractivity contribution in [1.82, 2.24) is 10.2 Å². The summed E-state index contributed by atoms with van der Waals surface area (Å²) < 4.78 is 0. The molecule has 1 aliphatic heterocycles. The molecule has 1 unspecified atom stereocenters. The minimum Gasteiger partial charge on any atom is -0.316 e. The first kappa shape index (κ1) is 12.2. The van der Waals surface area contributed by atoms with Crippen LogP contribution >= 0.6 is 0 Å². The molecule has 2 heteroatoms. The maximum Gasteiger partial charge on any atom is 0.0237 e. The third-order valence-electron chi connectivity index (χ3n) is 4.38. The van der Waals surface area contributed by atoms with E-state index in [9.17, 15) is 0 Å². The second kappa shape index (κ2) is 5.41. The van der Waals surface area contributed by atoms with Gasteiger partial charge in [-0.15, -0.1) is 0 Å². The van der Waals surface area contributed by atoms with Gasteiger partial charge in [0, 0.05) is 19.1 Å². The highest BCUT2D eigenvalue weighted by atomic mass is 15.2. The fourth-order valence-corrected chi connectivity index (χ4v) is 3.15. The molecule has 1 atom stereocenters. The third kappa shape index (κ3) is 2.76. The molecule has 1 saturated heterocycles. The lowest BCUT2D eigenvalue weighted by molar-refractivity contribution is 0.187. The van der Waals surface area contributed by atoms with Crippen molar-refractivity contribution in [3.05, 3.63) is 35.4 Å². The van der Waals surface area contributed by atoms with Crippen molar-refractivity contribution in [2.75, 3.05) is 20.1 Å². The van der Waals surface area contributed by atoms with E-state index < -0.39 is 0 Å². The Morgan fingerprint density at radius 2 is 2.06 bits per heavy atom. The first-order chi connectivity index (χ1) is 8.86. The number of nitrogens with zero attached hydrogens (tertiary/aromatic N) is 1. The van der Waals surface area contributed by atoms with E-state index in [0.717, 1.165) is 12.5 Å². The van der Waals surface area contributed by atoms with Crippen LogP contribution in [0, 0.1) is 0 Å². The van der Waals surface area contributed by atoms with Crippen LogP contribution in [0.5, 0.6) is 0 Å². The molecule has 18 heavy (non-hydrogen) atoms. The molecule has 0 amide bonds.